The van der Waals surface area contributed by atoms with Crippen LogP contribution in [-0.4, -0.2) is 31.3 Å². The molecule has 0 rings (SSSR count). The Balaban J connectivity index is 4.86. The standard InChI is InChI=1S/C5H6F7O2PS/c1-15(13,16)14-2-3(6,7)4(8,9)5(10,11)12/h2H2,1H3,(H,13,16)/p-1. The molecule has 0 fully saturated rings. The summed E-state index contributed by atoms with van der Waals surface area (Å²) in [7, 11) is 0. The highest BCUT2D eigenvalue weighted by Gasteiger charge is 2.73. The summed E-state index contributed by atoms with van der Waals surface area (Å²) in [6, 6.07) is 0. The van der Waals surface area contributed by atoms with Gasteiger partial charge in [0.25, 0.3) is 0 Å². The van der Waals surface area contributed by atoms with Gasteiger partial charge in [-0.25, -0.2) is 0 Å². The van der Waals surface area contributed by atoms with Crippen LogP contribution in [0.4, 0.5) is 30.7 Å². The highest BCUT2D eigenvalue weighted by molar-refractivity contribution is 8.08. The Morgan fingerprint density at radius 1 is 1.12 bits per heavy atom. The van der Waals surface area contributed by atoms with Gasteiger partial charge in [0.1, 0.15) is 6.61 Å². The first kappa shape index (κ1) is 16.1. The van der Waals surface area contributed by atoms with Crippen LogP contribution in [0, 0.1) is 0 Å². The molecule has 0 aliphatic carbocycles. The predicted octanol–water partition coefficient (Wildman–Crippen LogP) is 2.14. The first-order chi connectivity index (χ1) is 6.71. The summed E-state index contributed by atoms with van der Waals surface area (Å²) in [5, 5.41) is 0. The van der Waals surface area contributed by atoms with E-state index in [0.717, 1.165) is 0 Å². The van der Waals surface area contributed by atoms with Gasteiger partial charge in [0.2, 0.25) is 0 Å². The van der Waals surface area contributed by atoms with Crippen molar-refractivity contribution in [3.63, 3.8) is 0 Å². The van der Waals surface area contributed by atoms with E-state index in [1.54, 1.807) is 0 Å². The normalized spacial score (nSPS) is 18.3. The summed E-state index contributed by atoms with van der Waals surface area (Å²) in [4.78, 5) is 10.6. The number of hydrogen-bond acceptors (Lipinski definition) is 3. The fourth-order valence-corrected chi connectivity index (χ4v) is 1.05. The van der Waals surface area contributed by atoms with Crippen molar-refractivity contribution in [3.05, 3.63) is 0 Å². The number of halogens is 7. The Kier molecular flexibility index (Phi) is 4.42. The molecule has 0 saturated heterocycles. The maximum atomic E-state index is 12.5. The Morgan fingerprint density at radius 2 is 1.50 bits per heavy atom. The van der Waals surface area contributed by atoms with Crippen molar-refractivity contribution >= 4 is 18.3 Å². The van der Waals surface area contributed by atoms with Gasteiger partial charge < -0.3 is 9.42 Å². The predicted molar refractivity (Wildman–Crippen MR) is 42.1 cm³/mol. The molecule has 2 nitrogen and oxygen atoms in total. The van der Waals surface area contributed by atoms with E-state index in [-0.39, 0.29) is 0 Å². The SMILES string of the molecule is CP([O-])(=S)OCC(F)(F)C(F)(F)C(F)(F)F. The molecule has 0 N–H and O–H groups in total. The minimum atomic E-state index is -6.43. The van der Waals surface area contributed by atoms with Gasteiger partial charge in [-0.3, -0.25) is 0 Å². The van der Waals surface area contributed by atoms with Crippen LogP contribution in [0.5, 0.6) is 0 Å². The first-order valence-electron chi connectivity index (χ1n) is 3.46. The van der Waals surface area contributed by atoms with Crippen LogP contribution in [0.2, 0.25) is 0 Å². The lowest BCUT2D eigenvalue weighted by Crippen LogP contribution is -2.54. The zero-order valence-electron chi connectivity index (χ0n) is 7.52. The Labute approximate surface area is 90.6 Å². The van der Waals surface area contributed by atoms with Gasteiger partial charge in [-0.2, -0.15) is 30.7 Å². The molecule has 0 aromatic rings. The summed E-state index contributed by atoms with van der Waals surface area (Å²) < 4.78 is 87.7. The molecule has 0 bridgehead atoms. The Bertz CT molecular complexity index is 296. The topological polar surface area (TPSA) is 32.3 Å². The minimum Gasteiger partial charge on any atom is -0.801 e. The van der Waals surface area contributed by atoms with E-state index in [1.807, 2.05) is 0 Å². The van der Waals surface area contributed by atoms with Crippen molar-refractivity contribution in [3.8, 4) is 0 Å². The molecule has 0 aliphatic rings. The van der Waals surface area contributed by atoms with Crippen LogP contribution in [0.1, 0.15) is 0 Å². The zero-order chi connectivity index (χ0) is 13.4. The Morgan fingerprint density at radius 3 is 1.75 bits per heavy atom. The van der Waals surface area contributed by atoms with E-state index < -0.39 is 31.1 Å². The van der Waals surface area contributed by atoms with E-state index in [1.165, 1.54) is 0 Å². The molecule has 1 atom stereocenters. The molecule has 0 saturated carbocycles. The molecular formula is C5H5F7O2PS-. The van der Waals surface area contributed by atoms with Crippen LogP contribution >= 0.6 is 6.49 Å². The molecular weight excluding hydrogens is 288 g/mol. The third-order valence-electron chi connectivity index (χ3n) is 1.30. The first-order valence-corrected chi connectivity index (χ1v) is 6.55. The molecule has 0 aromatic heterocycles. The third kappa shape index (κ3) is 3.83. The van der Waals surface area contributed by atoms with E-state index in [2.05, 4.69) is 16.3 Å². The lowest BCUT2D eigenvalue weighted by Gasteiger charge is -2.31. The molecule has 0 amide bonds. The Hall–Kier alpha value is 0.0800. The summed E-state index contributed by atoms with van der Waals surface area (Å²) in [6.07, 6.45) is -6.43. The second kappa shape index (κ2) is 4.40. The molecule has 0 aromatic carbocycles. The number of rotatable bonds is 4. The number of hydrogen-bond donors (Lipinski definition) is 0. The molecule has 98 valence electrons. The monoisotopic (exact) mass is 293 g/mol. The second-order valence-corrected chi connectivity index (χ2v) is 6.61. The van der Waals surface area contributed by atoms with Gasteiger partial charge in [0.05, 0.1) is 0 Å². The smallest absolute Gasteiger partial charge is 0.459 e. The van der Waals surface area contributed by atoms with Gasteiger partial charge in [0.15, 0.2) is 0 Å². The van der Waals surface area contributed by atoms with Crippen LogP contribution in [0.3, 0.4) is 0 Å². The largest absolute Gasteiger partial charge is 0.801 e. The van der Waals surface area contributed by atoms with Crippen LogP contribution in [-0.2, 0) is 16.3 Å². The van der Waals surface area contributed by atoms with E-state index in [0.29, 0.717) is 6.66 Å². The summed E-state index contributed by atoms with van der Waals surface area (Å²) in [5.74, 6) is -11.8. The fourth-order valence-electron chi connectivity index (χ4n) is 0.496. The molecule has 0 spiro atoms. The minimum absolute atomic E-state index is 0.629. The average Bonchev–Trinajstić information content (AvgIpc) is 1.97. The molecule has 0 radical (unpaired) electrons. The van der Waals surface area contributed by atoms with Crippen molar-refractivity contribution in [1.29, 1.82) is 0 Å². The van der Waals surface area contributed by atoms with Crippen molar-refractivity contribution in [2.75, 3.05) is 13.3 Å². The number of alkyl halides is 7. The highest BCUT2D eigenvalue weighted by atomic mass is 32.5. The van der Waals surface area contributed by atoms with Gasteiger partial charge in [0, 0.05) is 0 Å². The van der Waals surface area contributed by atoms with Crippen molar-refractivity contribution in [1.82, 2.24) is 0 Å². The summed E-state index contributed by atoms with van der Waals surface area (Å²) >= 11 is 3.94. The highest BCUT2D eigenvalue weighted by Crippen LogP contribution is 2.48. The molecule has 0 heterocycles. The van der Waals surface area contributed by atoms with Crippen molar-refractivity contribution in [2.45, 2.75) is 18.0 Å². The lowest BCUT2D eigenvalue weighted by atomic mass is 10.2. The van der Waals surface area contributed by atoms with E-state index in [4.69, 9.17) is 0 Å². The zero-order valence-corrected chi connectivity index (χ0v) is 9.24. The average molecular weight is 293 g/mol. The van der Waals surface area contributed by atoms with Gasteiger partial charge in [-0.05, 0) is 13.2 Å². The van der Waals surface area contributed by atoms with Crippen LogP contribution < -0.4 is 4.89 Å². The fraction of sp³-hybridized carbons (Fsp3) is 1.00. The van der Waals surface area contributed by atoms with Gasteiger partial charge >= 0.3 is 18.0 Å². The van der Waals surface area contributed by atoms with Gasteiger partial charge in [-0.15, -0.1) is 0 Å². The molecule has 0 aliphatic heterocycles. The summed E-state index contributed by atoms with van der Waals surface area (Å²) in [6.45, 7) is -5.72. The lowest BCUT2D eigenvalue weighted by molar-refractivity contribution is -0.359. The van der Waals surface area contributed by atoms with E-state index in [9.17, 15) is 35.6 Å². The van der Waals surface area contributed by atoms with Crippen LogP contribution in [0.25, 0.3) is 0 Å². The second-order valence-electron chi connectivity index (χ2n) is 2.82. The van der Waals surface area contributed by atoms with Crippen LogP contribution in [0.15, 0.2) is 0 Å². The quantitative estimate of drug-likeness (QED) is 0.588. The molecule has 16 heavy (non-hydrogen) atoms. The third-order valence-corrected chi connectivity index (χ3v) is 2.21. The summed E-state index contributed by atoms with van der Waals surface area (Å²) in [5.41, 5.74) is 0. The van der Waals surface area contributed by atoms with Gasteiger partial charge in [-0.1, -0.05) is 11.8 Å². The maximum Gasteiger partial charge on any atom is 0.459 e. The maximum absolute atomic E-state index is 12.5. The van der Waals surface area contributed by atoms with Crippen molar-refractivity contribution < 1.29 is 40.2 Å². The molecule has 1 unspecified atom stereocenters. The van der Waals surface area contributed by atoms with Crippen molar-refractivity contribution in [2.24, 2.45) is 0 Å². The van der Waals surface area contributed by atoms with E-state index >= 15 is 0 Å². The molecule has 11 heteroatoms.